The van der Waals surface area contributed by atoms with Crippen LogP contribution in [0.3, 0.4) is 0 Å². The van der Waals surface area contributed by atoms with Gasteiger partial charge in [0.2, 0.25) is 11.9 Å². The normalized spacial score (nSPS) is 11.8. The highest BCUT2D eigenvalue weighted by Crippen LogP contribution is 2.45. The van der Waals surface area contributed by atoms with Crippen molar-refractivity contribution in [2.24, 2.45) is 0 Å². The van der Waals surface area contributed by atoms with Crippen LogP contribution < -0.4 is 11.1 Å². The van der Waals surface area contributed by atoms with Crippen molar-refractivity contribution in [1.82, 2.24) is 47.3 Å². The predicted octanol–water partition coefficient (Wildman–Crippen LogP) is 26.1. The minimum Gasteiger partial charge on any atom is -0.309 e. The number of para-hydroxylation sites is 9. The summed E-state index contributed by atoms with van der Waals surface area (Å²) in [7, 11) is 0. The minimum absolute atomic E-state index is 0.161. The fourth-order valence-corrected chi connectivity index (χ4v) is 18.9. The van der Waals surface area contributed by atoms with Crippen LogP contribution in [0.4, 0.5) is 0 Å². The summed E-state index contributed by atoms with van der Waals surface area (Å²) < 4.78 is 12.6. The quantitative estimate of drug-likeness (QED) is 0.126. The van der Waals surface area contributed by atoms with Crippen LogP contribution in [0.5, 0.6) is 0 Å². The molecule has 0 saturated heterocycles. The van der Waals surface area contributed by atoms with E-state index in [4.69, 9.17) is 19.9 Å². The summed E-state index contributed by atoms with van der Waals surface area (Å²) in [5, 5.41) is 14.3. The molecule has 0 aliphatic heterocycles. The van der Waals surface area contributed by atoms with Gasteiger partial charge in [-0.15, -0.1) is 0 Å². The van der Waals surface area contributed by atoms with Crippen LogP contribution in [0.2, 0.25) is 0 Å². The third-order valence-electron chi connectivity index (χ3n) is 24.3. The van der Waals surface area contributed by atoms with Crippen molar-refractivity contribution in [2.45, 2.75) is 0 Å². The number of benzene rings is 17. The van der Waals surface area contributed by atoms with Crippen LogP contribution >= 0.6 is 0 Å². The van der Waals surface area contributed by atoms with E-state index < -0.39 is 0 Å². The lowest BCUT2D eigenvalue weighted by atomic mass is 9.99. The molecule has 0 saturated carbocycles. The molecule has 0 aliphatic carbocycles. The molecular formula is C110H68N10O2. The molecule has 0 fully saturated rings. The van der Waals surface area contributed by atoms with Gasteiger partial charge in [0.25, 0.3) is 11.1 Å². The molecule has 25 rings (SSSR count). The summed E-state index contributed by atoms with van der Waals surface area (Å²) >= 11 is 0. The third-order valence-corrected chi connectivity index (χ3v) is 24.3. The number of fused-ring (bicyclic) bond motifs is 20. The van der Waals surface area contributed by atoms with Gasteiger partial charge in [0.05, 0.1) is 88.4 Å². The summed E-state index contributed by atoms with van der Waals surface area (Å²) in [6.45, 7) is 0. The van der Waals surface area contributed by atoms with Gasteiger partial charge < -0.3 is 9.13 Å². The predicted molar refractivity (Wildman–Crippen MR) is 502 cm³/mol. The maximum absolute atomic E-state index is 15.0. The average molecular weight is 1560 g/mol. The Hall–Kier alpha value is -16.7. The maximum Gasteiger partial charge on any atom is 0.267 e. The molecule has 12 heteroatoms. The lowest BCUT2D eigenvalue weighted by Gasteiger charge is -2.16. The van der Waals surface area contributed by atoms with E-state index >= 15 is 0 Å². The van der Waals surface area contributed by atoms with E-state index in [0.29, 0.717) is 45.1 Å². The van der Waals surface area contributed by atoms with Gasteiger partial charge in [0.1, 0.15) is 0 Å². The lowest BCUT2D eigenvalue weighted by molar-refractivity contribution is 1.00. The van der Waals surface area contributed by atoms with Gasteiger partial charge in [-0.2, -0.15) is 0 Å². The van der Waals surface area contributed by atoms with Gasteiger partial charge in [-0.3, -0.25) is 27.9 Å². The number of aromatic nitrogens is 10. The Bertz CT molecular complexity index is 8740. The SMILES string of the molecule is O=c1c2c(-c3ccccc3)nc(-n3c4ccc(-c5ccc6c(c5)c5ccccc5n6-c5ccccc5)cc4c4c5ccccc5ccc43)nc2c2ccccc2n1-c1ccccc1.O=c1c2c(-c3ccccc3)nc(-n3c4ccccc4c4cc(-c5ccc6c(c5)c5ccccc5n6-c5ccccc5)ccc43)nc2c2ccccc2n1-c1ccccc1. The molecule has 0 spiro atoms. The first-order valence-corrected chi connectivity index (χ1v) is 41.0. The largest absolute Gasteiger partial charge is 0.309 e. The maximum atomic E-state index is 15.0. The first-order valence-electron chi connectivity index (χ1n) is 41.0. The molecule has 0 amide bonds. The van der Waals surface area contributed by atoms with E-state index in [2.05, 4.69) is 267 Å². The zero-order chi connectivity index (χ0) is 80.6. The lowest BCUT2D eigenvalue weighted by Crippen LogP contribution is -2.21. The molecule has 8 aromatic heterocycles. The molecule has 0 bridgehead atoms. The van der Waals surface area contributed by atoms with Crippen molar-refractivity contribution in [3.63, 3.8) is 0 Å². The fourth-order valence-electron chi connectivity index (χ4n) is 18.9. The average Bonchev–Trinajstić information content (AvgIpc) is 1.51. The highest BCUT2D eigenvalue weighted by Gasteiger charge is 2.28. The Morgan fingerprint density at radius 1 is 0.172 bits per heavy atom. The second-order valence-corrected chi connectivity index (χ2v) is 31.1. The first-order chi connectivity index (χ1) is 60.4. The van der Waals surface area contributed by atoms with Crippen molar-refractivity contribution >= 4 is 142 Å². The van der Waals surface area contributed by atoms with Gasteiger partial charge in [-0.1, -0.05) is 279 Å². The highest BCUT2D eigenvalue weighted by molar-refractivity contribution is 6.23. The van der Waals surface area contributed by atoms with Crippen molar-refractivity contribution in [1.29, 1.82) is 0 Å². The number of hydrogen-bond donors (Lipinski definition) is 0. The van der Waals surface area contributed by atoms with Gasteiger partial charge in [-0.25, -0.2) is 19.9 Å². The van der Waals surface area contributed by atoms with Crippen LogP contribution in [0.15, 0.2) is 422 Å². The second kappa shape index (κ2) is 28.0. The van der Waals surface area contributed by atoms with Crippen LogP contribution in [0.25, 0.3) is 221 Å². The van der Waals surface area contributed by atoms with E-state index in [1.54, 1.807) is 9.13 Å². The van der Waals surface area contributed by atoms with Gasteiger partial charge in [-0.05, 0) is 166 Å². The molecule has 122 heavy (non-hydrogen) atoms. The molecular weight excluding hydrogens is 1490 g/mol. The smallest absolute Gasteiger partial charge is 0.267 e. The zero-order valence-electron chi connectivity index (χ0n) is 65.5. The number of nitrogens with zero attached hydrogens (tertiary/aromatic N) is 10. The summed E-state index contributed by atoms with van der Waals surface area (Å²) in [4.78, 5) is 51.3. The van der Waals surface area contributed by atoms with E-state index in [9.17, 15) is 9.59 Å². The van der Waals surface area contributed by atoms with Crippen LogP contribution in [-0.2, 0) is 0 Å². The zero-order valence-corrected chi connectivity index (χ0v) is 65.5. The monoisotopic (exact) mass is 1560 g/mol. The van der Waals surface area contributed by atoms with E-state index in [1.165, 1.54) is 43.6 Å². The topological polar surface area (TPSA) is 115 Å². The molecule has 0 radical (unpaired) electrons. The Balaban J connectivity index is 0.000000138. The third kappa shape index (κ3) is 10.9. The number of rotatable bonds is 10. The van der Waals surface area contributed by atoms with Gasteiger partial charge in [0, 0.05) is 87.7 Å². The Kier molecular flexibility index (Phi) is 16.0. The van der Waals surface area contributed by atoms with Crippen LogP contribution in [-0.4, -0.2) is 47.3 Å². The van der Waals surface area contributed by atoms with Crippen molar-refractivity contribution < 1.29 is 0 Å². The molecule has 8 heterocycles. The molecule has 570 valence electrons. The number of hydrogen-bond acceptors (Lipinski definition) is 6. The van der Waals surface area contributed by atoms with Crippen LogP contribution in [0.1, 0.15) is 0 Å². The standard InChI is InChI=1S/C57H35N5O.C53H33N5O/c63-56-53-54(37-17-4-1-5-18-37)58-57(59-55(53)44-25-13-15-27-48(44)61(56)41-21-8-3-9-22-41)62-50-32-30-39(35-46(50)52-42-23-11-10-16-36(42)28-33-51(52)62)38-29-31-49-45(34-38)43-24-12-14-26-47(43)60(49)40-19-6-2-7-20-40;59-52-49-50(34-16-4-1-5-17-34)54-53(55-51(49)41-24-12-15-27-46(41)57(52)38-20-8-3-9-21-38)58-45-26-14-11-23-40(45)43-33-36(29-31-48(43)58)35-28-30-47-42(32-35)39-22-10-13-25-44(39)56(47)37-18-6-2-7-19-37/h1-35H;1-33H. The van der Waals surface area contributed by atoms with Crippen LogP contribution in [0, 0.1) is 0 Å². The molecule has 0 unspecified atom stereocenters. The minimum atomic E-state index is -0.165. The van der Waals surface area contributed by atoms with Gasteiger partial charge >= 0.3 is 0 Å². The Labute approximate surface area is 697 Å². The Morgan fingerprint density at radius 3 is 0.836 bits per heavy atom. The van der Waals surface area contributed by atoms with E-state index in [0.717, 1.165) is 132 Å². The summed E-state index contributed by atoms with van der Waals surface area (Å²) in [6, 6.07) is 142. The first kappa shape index (κ1) is 69.6. The van der Waals surface area contributed by atoms with Crippen molar-refractivity contribution in [2.75, 3.05) is 0 Å². The molecule has 0 atom stereocenters. The van der Waals surface area contributed by atoms with E-state index in [1.807, 2.05) is 164 Å². The van der Waals surface area contributed by atoms with Crippen molar-refractivity contribution in [3.05, 3.63) is 433 Å². The van der Waals surface area contributed by atoms with Gasteiger partial charge in [0.15, 0.2) is 0 Å². The number of pyridine rings is 2. The second-order valence-electron chi connectivity index (χ2n) is 31.1. The molecule has 17 aromatic carbocycles. The molecule has 0 N–H and O–H groups in total. The molecule has 0 aliphatic rings. The Morgan fingerprint density at radius 2 is 0.443 bits per heavy atom. The summed E-state index contributed by atoms with van der Waals surface area (Å²) in [6.07, 6.45) is 0. The van der Waals surface area contributed by atoms with Crippen molar-refractivity contribution in [3.8, 4) is 79.4 Å². The molecule has 25 aromatic rings. The summed E-state index contributed by atoms with van der Waals surface area (Å²) in [5.41, 5.74) is 22.4. The fraction of sp³-hybridized carbons (Fsp3) is 0. The van der Waals surface area contributed by atoms with E-state index in [-0.39, 0.29) is 11.1 Å². The highest BCUT2D eigenvalue weighted by atomic mass is 16.1. The molecule has 12 nitrogen and oxygen atoms in total. The summed E-state index contributed by atoms with van der Waals surface area (Å²) in [5.74, 6) is 1.01.